The molecule has 17 heavy (non-hydrogen) atoms. The molecule has 1 aromatic carbocycles. The van der Waals surface area contributed by atoms with Gasteiger partial charge in [0.1, 0.15) is 5.75 Å². The Balaban J connectivity index is 2.04. The van der Waals surface area contributed by atoms with Crippen LogP contribution in [-0.4, -0.2) is 28.5 Å². The van der Waals surface area contributed by atoms with E-state index in [0.29, 0.717) is 0 Å². The lowest BCUT2D eigenvalue weighted by Gasteiger charge is -2.00. The van der Waals surface area contributed by atoms with Gasteiger partial charge in [0.25, 0.3) is 0 Å². The number of aromatic hydroxyl groups is 1. The lowest BCUT2D eigenvalue weighted by Crippen LogP contribution is -2.08. The highest BCUT2D eigenvalue weighted by Crippen LogP contribution is 2.14. The first-order valence-electron chi connectivity index (χ1n) is 5.77. The summed E-state index contributed by atoms with van der Waals surface area (Å²) in [6.45, 7) is 1.02. The number of aromatic nitrogens is 2. The number of phenols is 1. The largest absolute Gasteiger partial charge is 0.508 e. The van der Waals surface area contributed by atoms with E-state index in [4.69, 9.17) is 0 Å². The summed E-state index contributed by atoms with van der Waals surface area (Å²) in [5.41, 5.74) is 2.19. The van der Waals surface area contributed by atoms with Crippen molar-refractivity contribution in [3.05, 3.63) is 42.2 Å². The summed E-state index contributed by atoms with van der Waals surface area (Å²) in [6, 6.07) is 7.02. The SMILES string of the molecule is CNCCCc1cnn(-c2ccc(O)cc2)c1. The fraction of sp³-hybridized carbons (Fsp3) is 0.308. The summed E-state index contributed by atoms with van der Waals surface area (Å²) in [5.74, 6) is 0.273. The van der Waals surface area contributed by atoms with Crippen LogP contribution in [0.25, 0.3) is 5.69 Å². The Bertz CT molecular complexity index is 462. The summed E-state index contributed by atoms with van der Waals surface area (Å²) in [4.78, 5) is 0. The molecule has 1 aromatic heterocycles. The van der Waals surface area contributed by atoms with Crippen molar-refractivity contribution >= 4 is 0 Å². The fourth-order valence-electron chi connectivity index (χ4n) is 1.71. The lowest BCUT2D eigenvalue weighted by molar-refractivity contribution is 0.475. The Hall–Kier alpha value is -1.81. The van der Waals surface area contributed by atoms with Crippen molar-refractivity contribution in [1.29, 1.82) is 0 Å². The first kappa shape index (κ1) is 11.7. The summed E-state index contributed by atoms with van der Waals surface area (Å²) >= 11 is 0. The van der Waals surface area contributed by atoms with E-state index in [1.54, 1.807) is 12.1 Å². The number of nitrogens with one attached hydrogen (secondary N) is 1. The topological polar surface area (TPSA) is 50.1 Å². The van der Waals surface area contributed by atoms with E-state index in [9.17, 15) is 5.11 Å². The minimum absolute atomic E-state index is 0.273. The van der Waals surface area contributed by atoms with Gasteiger partial charge in [0.2, 0.25) is 0 Å². The van der Waals surface area contributed by atoms with Gasteiger partial charge in [-0.15, -0.1) is 0 Å². The highest BCUT2D eigenvalue weighted by Gasteiger charge is 2.00. The molecule has 0 bridgehead atoms. The Morgan fingerprint density at radius 3 is 2.76 bits per heavy atom. The third-order valence-electron chi connectivity index (χ3n) is 2.64. The van der Waals surface area contributed by atoms with Crippen LogP contribution in [-0.2, 0) is 6.42 Å². The number of rotatable bonds is 5. The number of hydrogen-bond donors (Lipinski definition) is 2. The molecule has 2 N–H and O–H groups in total. The van der Waals surface area contributed by atoms with E-state index in [2.05, 4.69) is 10.4 Å². The van der Waals surface area contributed by atoms with Crippen LogP contribution in [0.2, 0.25) is 0 Å². The maximum atomic E-state index is 9.22. The molecule has 2 rings (SSSR count). The van der Waals surface area contributed by atoms with Gasteiger partial charge in [-0.05, 0) is 56.3 Å². The van der Waals surface area contributed by atoms with Crippen LogP contribution in [0, 0.1) is 0 Å². The predicted octanol–water partition coefficient (Wildman–Crippen LogP) is 1.73. The third kappa shape index (κ3) is 3.07. The van der Waals surface area contributed by atoms with Gasteiger partial charge in [0.15, 0.2) is 0 Å². The molecule has 0 amide bonds. The van der Waals surface area contributed by atoms with Crippen LogP contribution in [0.4, 0.5) is 0 Å². The van der Waals surface area contributed by atoms with Gasteiger partial charge in [-0.2, -0.15) is 5.10 Å². The molecule has 0 aliphatic rings. The van der Waals surface area contributed by atoms with Gasteiger partial charge in [-0.1, -0.05) is 0 Å². The molecular weight excluding hydrogens is 214 g/mol. The summed E-state index contributed by atoms with van der Waals surface area (Å²) in [6.07, 6.45) is 6.06. The molecule has 4 heteroatoms. The van der Waals surface area contributed by atoms with E-state index in [1.165, 1.54) is 5.56 Å². The molecule has 0 saturated carbocycles. The van der Waals surface area contributed by atoms with Crippen LogP contribution in [0.1, 0.15) is 12.0 Å². The van der Waals surface area contributed by atoms with Gasteiger partial charge in [-0.25, -0.2) is 4.68 Å². The first-order valence-corrected chi connectivity index (χ1v) is 5.77. The number of phenolic OH excluding ortho intramolecular Hbond substituents is 1. The van der Waals surface area contributed by atoms with Crippen LogP contribution in [0.5, 0.6) is 5.75 Å². The van der Waals surface area contributed by atoms with Gasteiger partial charge in [0, 0.05) is 6.20 Å². The van der Waals surface area contributed by atoms with Crippen molar-refractivity contribution in [3.63, 3.8) is 0 Å². The Labute approximate surface area is 101 Å². The first-order chi connectivity index (χ1) is 8.29. The normalized spacial score (nSPS) is 10.6. The van der Waals surface area contributed by atoms with Crippen LogP contribution < -0.4 is 5.32 Å². The van der Waals surface area contributed by atoms with E-state index in [0.717, 1.165) is 25.1 Å². The maximum absolute atomic E-state index is 9.22. The van der Waals surface area contributed by atoms with E-state index in [1.807, 2.05) is 36.3 Å². The standard InChI is InChI=1S/C13H17N3O/c1-14-8-2-3-11-9-15-16(10-11)12-4-6-13(17)7-5-12/h4-7,9-10,14,17H,2-3,8H2,1H3. The zero-order valence-electron chi connectivity index (χ0n) is 9.93. The molecule has 0 aliphatic heterocycles. The summed E-state index contributed by atoms with van der Waals surface area (Å²) in [7, 11) is 1.96. The van der Waals surface area contributed by atoms with Crippen molar-refractivity contribution in [2.45, 2.75) is 12.8 Å². The molecule has 2 aromatic rings. The second kappa shape index (κ2) is 5.50. The zero-order chi connectivity index (χ0) is 12.1. The molecule has 0 radical (unpaired) electrons. The average molecular weight is 231 g/mol. The predicted molar refractivity (Wildman–Crippen MR) is 67.5 cm³/mol. The van der Waals surface area contributed by atoms with Crippen LogP contribution in [0.3, 0.4) is 0 Å². The molecule has 90 valence electrons. The highest BCUT2D eigenvalue weighted by molar-refractivity contribution is 5.36. The Morgan fingerprint density at radius 2 is 2.06 bits per heavy atom. The van der Waals surface area contributed by atoms with Crippen molar-refractivity contribution < 1.29 is 5.11 Å². The number of nitrogens with zero attached hydrogens (tertiary/aromatic N) is 2. The van der Waals surface area contributed by atoms with Crippen LogP contribution in [0.15, 0.2) is 36.7 Å². The molecular formula is C13H17N3O. The molecule has 4 nitrogen and oxygen atoms in total. The number of benzene rings is 1. The van der Waals surface area contributed by atoms with Crippen molar-refractivity contribution in [3.8, 4) is 11.4 Å². The summed E-state index contributed by atoms with van der Waals surface area (Å²) in [5, 5.41) is 16.7. The number of hydrogen-bond acceptors (Lipinski definition) is 3. The van der Waals surface area contributed by atoms with E-state index < -0.39 is 0 Å². The maximum Gasteiger partial charge on any atom is 0.115 e. The minimum atomic E-state index is 0.273. The van der Waals surface area contributed by atoms with Crippen molar-refractivity contribution in [2.24, 2.45) is 0 Å². The van der Waals surface area contributed by atoms with Gasteiger partial charge < -0.3 is 10.4 Å². The van der Waals surface area contributed by atoms with Gasteiger partial charge >= 0.3 is 0 Å². The second-order valence-corrected chi connectivity index (χ2v) is 4.02. The number of aryl methyl sites for hydroxylation is 1. The zero-order valence-corrected chi connectivity index (χ0v) is 9.93. The summed E-state index contributed by atoms with van der Waals surface area (Å²) < 4.78 is 1.83. The van der Waals surface area contributed by atoms with Crippen molar-refractivity contribution in [2.75, 3.05) is 13.6 Å². The van der Waals surface area contributed by atoms with E-state index >= 15 is 0 Å². The molecule has 0 aliphatic carbocycles. The molecule has 0 fully saturated rings. The second-order valence-electron chi connectivity index (χ2n) is 4.02. The van der Waals surface area contributed by atoms with Gasteiger partial charge in [0.05, 0.1) is 11.9 Å². The molecule has 1 heterocycles. The van der Waals surface area contributed by atoms with Crippen LogP contribution >= 0.6 is 0 Å². The lowest BCUT2D eigenvalue weighted by atomic mass is 10.2. The van der Waals surface area contributed by atoms with Gasteiger partial charge in [-0.3, -0.25) is 0 Å². The third-order valence-corrected chi connectivity index (χ3v) is 2.64. The Kier molecular flexibility index (Phi) is 3.77. The fourth-order valence-corrected chi connectivity index (χ4v) is 1.71. The monoisotopic (exact) mass is 231 g/mol. The van der Waals surface area contributed by atoms with Crippen molar-refractivity contribution in [1.82, 2.24) is 15.1 Å². The molecule has 0 atom stereocenters. The quantitative estimate of drug-likeness (QED) is 0.770. The smallest absolute Gasteiger partial charge is 0.115 e. The Morgan fingerprint density at radius 1 is 1.29 bits per heavy atom. The molecule has 0 spiro atoms. The minimum Gasteiger partial charge on any atom is -0.508 e. The molecule has 0 unspecified atom stereocenters. The van der Waals surface area contributed by atoms with E-state index in [-0.39, 0.29) is 5.75 Å². The molecule has 0 saturated heterocycles. The average Bonchev–Trinajstić information content (AvgIpc) is 2.79. The highest BCUT2D eigenvalue weighted by atomic mass is 16.3.